The molecule has 1 aromatic heterocycles. The van der Waals surface area contributed by atoms with Gasteiger partial charge in [-0.15, -0.1) is 0 Å². The average molecular weight is 322 g/mol. The molecule has 0 spiro atoms. The van der Waals surface area contributed by atoms with E-state index in [1.165, 1.54) is 4.31 Å². The Balaban J connectivity index is 2.25. The normalized spacial score (nSPS) is 22.2. The first kappa shape index (κ1) is 13.0. The molecule has 0 amide bonds. The second-order valence-electron chi connectivity index (χ2n) is 4.41. The van der Waals surface area contributed by atoms with Crippen molar-refractivity contribution in [2.24, 2.45) is 13.0 Å². The summed E-state index contributed by atoms with van der Waals surface area (Å²) >= 11 is 3.40. The third-order valence-electron chi connectivity index (χ3n) is 3.16. The Hall–Kier alpha value is -0.400. The molecule has 1 unspecified atom stereocenters. The van der Waals surface area contributed by atoms with Gasteiger partial charge in [-0.1, -0.05) is 15.9 Å². The van der Waals surface area contributed by atoms with E-state index < -0.39 is 10.0 Å². The highest BCUT2D eigenvalue weighted by molar-refractivity contribution is 9.09. The summed E-state index contributed by atoms with van der Waals surface area (Å²) in [6, 6.07) is 0. The fraction of sp³-hybridized carbons (Fsp3) is 0.700. The maximum atomic E-state index is 12.3. The highest BCUT2D eigenvalue weighted by Crippen LogP contribution is 2.24. The van der Waals surface area contributed by atoms with E-state index in [0.717, 1.165) is 11.8 Å². The summed E-state index contributed by atoms with van der Waals surface area (Å²) in [6.07, 6.45) is 2.49. The number of hydrogen-bond acceptors (Lipinski definition) is 3. The monoisotopic (exact) mass is 321 g/mol. The molecule has 1 aromatic rings. The molecule has 17 heavy (non-hydrogen) atoms. The Labute approximate surface area is 110 Å². The summed E-state index contributed by atoms with van der Waals surface area (Å²) in [5.74, 6) is 1.12. The van der Waals surface area contributed by atoms with E-state index in [9.17, 15) is 8.42 Å². The number of sulfonamides is 1. The summed E-state index contributed by atoms with van der Waals surface area (Å²) in [5.41, 5.74) is 0. The Morgan fingerprint density at radius 2 is 2.29 bits per heavy atom. The van der Waals surface area contributed by atoms with Crippen LogP contribution < -0.4 is 0 Å². The number of aryl methyl sites for hydroxylation is 2. The summed E-state index contributed by atoms with van der Waals surface area (Å²) in [7, 11) is -1.60. The van der Waals surface area contributed by atoms with E-state index in [1.54, 1.807) is 24.7 Å². The molecule has 1 saturated heterocycles. The zero-order valence-electron chi connectivity index (χ0n) is 9.93. The molecule has 2 rings (SSSR count). The standard InChI is InChI=1S/C10H16BrN3O2S/c1-8-12-10(7-13(8)2)17(15,16)14-4-3-9(5-11)6-14/h7,9H,3-6H2,1-2H3. The van der Waals surface area contributed by atoms with Gasteiger partial charge in [-0.05, 0) is 19.3 Å². The van der Waals surface area contributed by atoms with Crippen molar-refractivity contribution < 1.29 is 8.42 Å². The third kappa shape index (κ3) is 2.41. The first-order valence-electron chi connectivity index (χ1n) is 5.51. The average Bonchev–Trinajstić information content (AvgIpc) is 2.87. The number of halogens is 1. The van der Waals surface area contributed by atoms with Gasteiger partial charge in [0.2, 0.25) is 0 Å². The number of aromatic nitrogens is 2. The quantitative estimate of drug-likeness (QED) is 0.784. The Morgan fingerprint density at radius 3 is 2.76 bits per heavy atom. The molecule has 0 aromatic carbocycles. The Morgan fingerprint density at radius 1 is 1.59 bits per heavy atom. The Bertz CT molecular complexity index is 492. The van der Waals surface area contributed by atoms with Gasteiger partial charge < -0.3 is 4.57 Å². The van der Waals surface area contributed by atoms with Gasteiger partial charge in [0.1, 0.15) is 5.82 Å². The van der Waals surface area contributed by atoms with E-state index in [0.29, 0.717) is 24.8 Å². The van der Waals surface area contributed by atoms with Crippen molar-refractivity contribution in [3.63, 3.8) is 0 Å². The fourth-order valence-electron chi connectivity index (χ4n) is 1.92. The van der Waals surface area contributed by atoms with Crippen molar-refractivity contribution in [2.75, 3.05) is 18.4 Å². The van der Waals surface area contributed by atoms with E-state index >= 15 is 0 Å². The first-order chi connectivity index (χ1) is 7.95. The van der Waals surface area contributed by atoms with Crippen LogP contribution in [0.3, 0.4) is 0 Å². The molecule has 0 aliphatic carbocycles. The lowest BCUT2D eigenvalue weighted by molar-refractivity contribution is 0.463. The molecular formula is C10H16BrN3O2S. The molecule has 5 nitrogen and oxygen atoms in total. The maximum absolute atomic E-state index is 12.3. The van der Waals surface area contributed by atoms with Crippen LogP contribution in [0, 0.1) is 12.8 Å². The number of alkyl halides is 1. The largest absolute Gasteiger partial charge is 0.337 e. The minimum atomic E-state index is -3.40. The molecule has 2 heterocycles. The van der Waals surface area contributed by atoms with E-state index in [4.69, 9.17) is 0 Å². The zero-order valence-corrected chi connectivity index (χ0v) is 12.3. The van der Waals surface area contributed by atoms with Crippen molar-refractivity contribution in [1.29, 1.82) is 0 Å². The SMILES string of the molecule is Cc1nc(S(=O)(=O)N2CCC(CBr)C2)cn1C. The maximum Gasteiger partial charge on any atom is 0.262 e. The van der Waals surface area contributed by atoms with Crippen LogP contribution in [0.15, 0.2) is 11.2 Å². The second kappa shape index (κ2) is 4.70. The van der Waals surface area contributed by atoms with Gasteiger partial charge in [-0.25, -0.2) is 13.4 Å². The van der Waals surface area contributed by atoms with Crippen molar-refractivity contribution >= 4 is 26.0 Å². The predicted molar refractivity (Wildman–Crippen MR) is 68.6 cm³/mol. The lowest BCUT2D eigenvalue weighted by Crippen LogP contribution is -2.29. The molecule has 1 atom stereocenters. The van der Waals surface area contributed by atoms with Crippen LogP contribution in [0.2, 0.25) is 0 Å². The highest BCUT2D eigenvalue weighted by atomic mass is 79.9. The van der Waals surface area contributed by atoms with Crippen LogP contribution in [0.4, 0.5) is 0 Å². The molecule has 1 aliphatic rings. The molecule has 7 heteroatoms. The lowest BCUT2D eigenvalue weighted by atomic mass is 10.2. The molecule has 0 bridgehead atoms. The van der Waals surface area contributed by atoms with Gasteiger partial charge in [-0.3, -0.25) is 0 Å². The van der Waals surface area contributed by atoms with Crippen molar-refractivity contribution in [3.05, 3.63) is 12.0 Å². The minimum absolute atomic E-state index is 0.160. The van der Waals surface area contributed by atoms with Gasteiger partial charge in [0.15, 0.2) is 5.03 Å². The predicted octanol–water partition coefficient (Wildman–Crippen LogP) is 1.13. The van der Waals surface area contributed by atoms with Gasteiger partial charge >= 0.3 is 0 Å². The van der Waals surface area contributed by atoms with E-state index in [1.807, 2.05) is 0 Å². The summed E-state index contributed by atoms with van der Waals surface area (Å²) in [6.45, 7) is 2.97. The van der Waals surface area contributed by atoms with Crippen LogP contribution in [-0.4, -0.2) is 40.7 Å². The number of nitrogens with zero attached hydrogens (tertiary/aromatic N) is 3. The number of rotatable bonds is 3. The molecule has 96 valence electrons. The minimum Gasteiger partial charge on any atom is -0.337 e. The number of imidazole rings is 1. The molecule has 1 fully saturated rings. The molecule has 0 radical (unpaired) electrons. The third-order valence-corrected chi connectivity index (χ3v) is 5.81. The summed E-state index contributed by atoms with van der Waals surface area (Å²) in [4.78, 5) is 4.10. The van der Waals surface area contributed by atoms with Crippen molar-refractivity contribution in [3.8, 4) is 0 Å². The molecule has 0 saturated carbocycles. The highest BCUT2D eigenvalue weighted by Gasteiger charge is 2.33. The molecular weight excluding hydrogens is 306 g/mol. The van der Waals surface area contributed by atoms with Gasteiger partial charge in [0.25, 0.3) is 10.0 Å². The topological polar surface area (TPSA) is 55.2 Å². The zero-order chi connectivity index (χ0) is 12.6. The lowest BCUT2D eigenvalue weighted by Gasteiger charge is -2.14. The van der Waals surface area contributed by atoms with E-state index in [-0.39, 0.29) is 5.03 Å². The first-order valence-corrected chi connectivity index (χ1v) is 8.07. The molecule has 0 N–H and O–H groups in total. The Kier molecular flexibility index (Phi) is 3.61. The second-order valence-corrected chi connectivity index (χ2v) is 6.94. The molecule has 1 aliphatic heterocycles. The summed E-state index contributed by atoms with van der Waals surface area (Å²) < 4.78 is 27.8. The van der Waals surface area contributed by atoms with Crippen molar-refractivity contribution in [1.82, 2.24) is 13.9 Å². The van der Waals surface area contributed by atoms with E-state index in [2.05, 4.69) is 20.9 Å². The van der Waals surface area contributed by atoms with Crippen LogP contribution in [0.5, 0.6) is 0 Å². The van der Waals surface area contributed by atoms with Crippen LogP contribution >= 0.6 is 15.9 Å². The van der Waals surface area contributed by atoms with Crippen molar-refractivity contribution in [2.45, 2.75) is 18.4 Å². The fourth-order valence-corrected chi connectivity index (χ4v) is 4.01. The van der Waals surface area contributed by atoms with Crippen LogP contribution in [0.1, 0.15) is 12.2 Å². The van der Waals surface area contributed by atoms with Gasteiger partial charge in [-0.2, -0.15) is 4.31 Å². The van der Waals surface area contributed by atoms with Crippen LogP contribution in [-0.2, 0) is 17.1 Å². The summed E-state index contributed by atoms with van der Waals surface area (Å²) in [5, 5.41) is 1.01. The van der Waals surface area contributed by atoms with Crippen LogP contribution in [0.25, 0.3) is 0 Å². The smallest absolute Gasteiger partial charge is 0.262 e. The van der Waals surface area contributed by atoms with Gasteiger partial charge in [0, 0.05) is 31.7 Å². The van der Waals surface area contributed by atoms with Gasteiger partial charge in [0.05, 0.1) is 0 Å². The number of hydrogen-bond donors (Lipinski definition) is 0.